The van der Waals surface area contributed by atoms with Crippen molar-refractivity contribution >= 4 is 26.8 Å². The lowest BCUT2D eigenvalue weighted by Gasteiger charge is -2.15. The van der Waals surface area contributed by atoms with Crippen LogP contribution in [0.1, 0.15) is 28.9 Å². The van der Waals surface area contributed by atoms with Crippen LogP contribution in [-0.2, 0) is 47.3 Å². The Bertz CT molecular complexity index is 1830. The minimum Gasteiger partial charge on any atom is -0.357 e. The number of pyridine rings is 1. The second-order valence-electron chi connectivity index (χ2n) is 10.1. The van der Waals surface area contributed by atoms with Gasteiger partial charge in [-0.25, -0.2) is 13.1 Å². The third kappa shape index (κ3) is 7.56. The van der Waals surface area contributed by atoms with E-state index >= 15 is 0 Å². The van der Waals surface area contributed by atoms with E-state index in [0.717, 1.165) is 35.7 Å². The molecule has 3 N–H and O–H groups in total. The van der Waals surface area contributed by atoms with Gasteiger partial charge in [0.25, 0.3) is 5.56 Å². The van der Waals surface area contributed by atoms with E-state index in [1.54, 1.807) is 36.8 Å². The molecule has 0 unspecified atom stereocenters. The summed E-state index contributed by atoms with van der Waals surface area (Å²) >= 11 is 0. The monoisotopic (exact) mass is 584 g/mol. The summed E-state index contributed by atoms with van der Waals surface area (Å²) in [5.41, 5.74) is 4.82. The second-order valence-corrected chi connectivity index (χ2v) is 12.0. The lowest BCUT2D eigenvalue weighted by Crippen LogP contribution is -2.34. The smallest absolute Gasteiger partial charge is 0.273 e. The zero-order chi connectivity index (χ0) is 29.5. The molecule has 1 amide bonds. The standard InChI is InChI=1S/C31H32N6O4S/c1-42(40,41)35-17-23-10-5-11-24(15-23)29-20-33-28(12-6-9-22-7-3-2-4-8-22)31(39)37(29)21-30(38)34-19-26-16-25-18-32-14-13-27(25)36-26/h2-5,7-8,10-11,13-16,18,20,35-36H,6,9,12,17,19,21H2,1H3,(H,34,38). The minimum absolute atomic E-state index is 0.0996. The van der Waals surface area contributed by atoms with Gasteiger partial charge in [0, 0.05) is 41.1 Å². The maximum Gasteiger partial charge on any atom is 0.273 e. The van der Waals surface area contributed by atoms with Gasteiger partial charge in [-0.05, 0) is 48.6 Å². The SMILES string of the molecule is CS(=O)(=O)NCc1cccc(-c2cnc(CCCc3ccccc3)c(=O)n2CC(=O)NCc2cc3cnccc3[nH]2)c1. The van der Waals surface area contributed by atoms with Crippen molar-refractivity contribution in [3.05, 3.63) is 118 Å². The van der Waals surface area contributed by atoms with Crippen LogP contribution in [0.2, 0.25) is 0 Å². The van der Waals surface area contributed by atoms with Crippen LogP contribution in [0.4, 0.5) is 0 Å². The molecule has 2 aromatic carbocycles. The molecule has 11 heteroatoms. The molecule has 0 atom stereocenters. The number of hydrogen-bond donors (Lipinski definition) is 3. The number of benzene rings is 2. The summed E-state index contributed by atoms with van der Waals surface area (Å²) in [5.74, 6) is -0.327. The maximum absolute atomic E-state index is 13.7. The van der Waals surface area contributed by atoms with E-state index in [1.807, 2.05) is 36.4 Å². The number of aromatic amines is 1. The number of sulfonamides is 1. The number of nitrogens with one attached hydrogen (secondary N) is 3. The number of amides is 1. The molecule has 0 saturated carbocycles. The van der Waals surface area contributed by atoms with Crippen LogP contribution in [-0.4, -0.2) is 40.1 Å². The molecule has 0 aliphatic carbocycles. The minimum atomic E-state index is -3.38. The lowest BCUT2D eigenvalue weighted by molar-refractivity contribution is -0.121. The summed E-state index contributed by atoms with van der Waals surface area (Å²) in [5, 5.41) is 3.84. The summed E-state index contributed by atoms with van der Waals surface area (Å²) in [6.45, 7) is 0.164. The quantitative estimate of drug-likeness (QED) is 0.206. The molecule has 0 fully saturated rings. The number of carbonyl (C=O) groups is 1. The predicted octanol–water partition coefficient (Wildman–Crippen LogP) is 3.33. The van der Waals surface area contributed by atoms with Gasteiger partial charge in [-0.1, -0.05) is 48.5 Å². The Morgan fingerprint density at radius 2 is 1.76 bits per heavy atom. The van der Waals surface area contributed by atoms with Gasteiger partial charge in [-0.3, -0.25) is 24.1 Å². The number of aromatic nitrogens is 4. The molecule has 0 bridgehead atoms. The van der Waals surface area contributed by atoms with Crippen LogP contribution in [0.25, 0.3) is 22.2 Å². The molecule has 0 aliphatic heterocycles. The Morgan fingerprint density at radius 3 is 2.55 bits per heavy atom. The van der Waals surface area contributed by atoms with Gasteiger partial charge in [-0.15, -0.1) is 0 Å². The van der Waals surface area contributed by atoms with Gasteiger partial charge in [0.2, 0.25) is 15.9 Å². The van der Waals surface area contributed by atoms with Crippen LogP contribution in [0.3, 0.4) is 0 Å². The fourth-order valence-corrected chi connectivity index (χ4v) is 5.20. The van der Waals surface area contributed by atoms with Crippen LogP contribution < -0.4 is 15.6 Å². The van der Waals surface area contributed by atoms with Crippen molar-refractivity contribution < 1.29 is 13.2 Å². The Morgan fingerprint density at radius 1 is 0.952 bits per heavy atom. The average Bonchev–Trinajstić information content (AvgIpc) is 3.40. The first-order valence-electron chi connectivity index (χ1n) is 13.6. The van der Waals surface area contributed by atoms with E-state index in [-0.39, 0.29) is 31.1 Å². The number of H-pyrrole nitrogens is 1. The highest BCUT2D eigenvalue weighted by atomic mass is 32.2. The third-order valence-electron chi connectivity index (χ3n) is 6.86. The summed E-state index contributed by atoms with van der Waals surface area (Å²) in [4.78, 5) is 38.7. The normalized spacial score (nSPS) is 11.5. The van der Waals surface area contributed by atoms with Crippen molar-refractivity contribution in [3.63, 3.8) is 0 Å². The molecule has 5 aromatic rings. The molecule has 10 nitrogen and oxygen atoms in total. The fraction of sp³-hybridized carbons (Fsp3) is 0.226. The first kappa shape index (κ1) is 28.9. The van der Waals surface area contributed by atoms with E-state index < -0.39 is 10.0 Å². The molecule has 0 saturated heterocycles. The highest BCUT2D eigenvalue weighted by molar-refractivity contribution is 7.88. The van der Waals surface area contributed by atoms with Gasteiger partial charge in [0.05, 0.1) is 24.7 Å². The van der Waals surface area contributed by atoms with Gasteiger partial charge in [0.15, 0.2) is 0 Å². The van der Waals surface area contributed by atoms with Crippen LogP contribution in [0.15, 0.2) is 90.1 Å². The first-order chi connectivity index (χ1) is 20.2. The van der Waals surface area contributed by atoms with Gasteiger partial charge >= 0.3 is 0 Å². The van der Waals surface area contributed by atoms with Crippen molar-refractivity contribution in [1.29, 1.82) is 0 Å². The molecule has 0 radical (unpaired) electrons. The summed E-state index contributed by atoms with van der Waals surface area (Å²) in [6, 6.07) is 21.0. The van der Waals surface area contributed by atoms with E-state index in [9.17, 15) is 18.0 Å². The van der Waals surface area contributed by atoms with E-state index in [2.05, 4.69) is 37.1 Å². The van der Waals surface area contributed by atoms with Crippen molar-refractivity contribution in [1.82, 2.24) is 29.6 Å². The van der Waals surface area contributed by atoms with Crippen LogP contribution in [0, 0.1) is 0 Å². The Labute approximate surface area is 243 Å². The number of aryl methyl sites for hydroxylation is 2. The molecule has 0 aliphatic rings. The highest BCUT2D eigenvalue weighted by Gasteiger charge is 2.16. The number of hydrogen-bond acceptors (Lipinski definition) is 6. The van der Waals surface area contributed by atoms with E-state index in [0.29, 0.717) is 28.9 Å². The number of rotatable bonds is 12. The van der Waals surface area contributed by atoms with Gasteiger partial charge < -0.3 is 10.3 Å². The molecular formula is C31H32N6O4S. The average molecular weight is 585 g/mol. The molecule has 0 spiro atoms. The molecule has 3 heterocycles. The molecular weight excluding hydrogens is 552 g/mol. The highest BCUT2D eigenvalue weighted by Crippen LogP contribution is 2.20. The molecule has 42 heavy (non-hydrogen) atoms. The zero-order valence-electron chi connectivity index (χ0n) is 23.2. The summed E-state index contributed by atoms with van der Waals surface area (Å²) in [6.07, 6.45) is 8.16. The van der Waals surface area contributed by atoms with Gasteiger partial charge in [0.1, 0.15) is 12.2 Å². The van der Waals surface area contributed by atoms with Crippen LogP contribution in [0.5, 0.6) is 0 Å². The number of carbonyl (C=O) groups excluding carboxylic acids is 1. The molecule has 3 aromatic heterocycles. The number of fused-ring (bicyclic) bond motifs is 1. The number of nitrogens with zero attached hydrogens (tertiary/aromatic N) is 3. The van der Waals surface area contributed by atoms with Gasteiger partial charge in [-0.2, -0.15) is 0 Å². The zero-order valence-corrected chi connectivity index (χ0v) is 24.0. The van der Waals surface area contributed by atoms with Crippen molar-refractivity contribution in [3.8, 4) is 11.3 Å². The molecule has 5 rings (SSSR count). The maximum atomic E-state index is 13.7. The Hall–Kier alpha value is -4.61. The van der Waals surface area contributed by atoms with E-state index in [1.165, 1.54) is 10.1 Å². The van der Waals surface area contributed by atoms with Crippen molar-refractivity contribution in [2.45, 2.75) is 38.9 Å². The van der Waals surface area contributed by atoms with Crippen molar-refractivity contribution in [2.75, 3.05) is 6.26 Å². The van der Waals surface area contributed by atoms with Crippen LogP contribution >= 0.6 is 0 Å². The van der Waals surface area contributed by atoms with E-state index in [4.69, 9.17) is 0 Å². The first-order valence-corrected chi connectivity index (χ1v) is 15.5. The fourth-order valence-electron chi connectivity index (χ4n) is 4.77. The summed E-state index contributed by atoms with van der Waals surface area (Å²) < 4.78 is 27.1. The summed E-state index contributed by atoms with van der Waals surface area (Å²) in [7, 11) is -3.38. The van der Waals surface area contributed by atoms with Crippen molar-refractivity contribution in [2.24, 2.45) is 0 Å². The topological polar surface area (TPSA) is 139 Å². The molecule has 216 valence electrons. The Kier molecular flexibility index (Phi) is 8.89. The lowest BCUT2D eigenvalue weighted by atomic mass is 10.1. The Balaban J connectivity index is 1.38. The third-order valence-corrected chi connectivity index (χ3v) is 7.53. The largest absolute Gasteiger partial charge is 0.357 e. The predicted molar refractivity (Wildman–Crippen MR) is 162 cm³/mol. The second kappa shape index (κ2) is 12.9.